The molecule has 5 heteroatoms. The van der Waals surface area contributed by atoms with Crippen molar-refractivity contribution in [3.63, 3.8) is 0 Å². The largest absolute Gasteiger partial charge is 0.350 e. The van der Waals surface area contributed by atoms with Gasteiger partial charge >= 0.3 is 0 Å². The Kier molecular flexibility index (Phi) is 9.77. The molecule has 0 fully saturated rings. The maximum atomic E-state index is 13.7. The summed E-state index contributed by atoms with van der Waals surface area (Å²) in [7, 11) is 0. The lowest BCUT2D eigenvalue weighted by atomic mass is 10.0. The number of carbonyl (C=O) groups is 2. The molecule has 1 unspecified atom stereocenters. The molecule has 0 heterocycles. The quantitative estimate of drug-likeness (QED) is 0.365. The first-order valence-corrected chi connectivity index (χ1v) is 13.6. The molecular weight excluding hydrogens is 464 g/mol. The van der Waals surface area contributed by atoms with Crippen LogP contribution in [0.25, 0.3) is 0 Å². The van der Waals surface area contributed by atoms with E-state index in [1.165, 1.54) is 16.7 Å². The van der Waals surface area contributed by atoms with Gasteiger partial charge in [0.25, 0.3) is 0 Å². The number of rotatable bonds is 10. The highest BCUT2D eigenvalue weighted by atomic mass is 32.2. The van der Waals surface area contributed by atoms with Crippen LogP contribution in [0.15, 0.2) is 78.9 Å². The highest BCUT2D eigenvalue weighted by Gasteiger charge is 2.32. The molecule has 4 nitrogen and oxygen atoms in total. The first-order chi connectivity index (χ1) is 17.1. The first-order valence-electron chi connectivity index (χ1n) is 12.4. The third-order valence-corrected chi connectivity index (χ3v) is 6.73. The SMILES string of the molecule is Cc1cc(C)cc(CSCC(=O)N(Cc2ccccc2)C(Cc2ccccc2)C(=O)NC(C)(C)C)c1. The monoisotopic (exact) mass is 502 g/mol. The molecule has 3 rings (SSSR count). The molecule has 3 aromatic rings. The van der Waals surface area contributed by atoms with Gasteiger partial charge in [0.05, 0.1) is 5.75 Å². The molecule has 0 bridgehead atoms. The fourth-order valence-corrected chi connectivity index (χ4v) is 5.12. The Bertz CT molecular complexity index is 1120. The lowest BCUT2D eigenvalue weighted by molar-refractivity contribution is -0.140. The van der Waals surface area contributed by atoms with Crippen LogP contribution in [-0.2, 0) is 28.3 Å². The van der Waals surface area contributed by atoms with Crippen LogP contribution in [0.1, 0.15) is 48.6 Å². The Labute approximate surface area is 220 Å². The molecule has 36 heavy (non-hydrogen) atoms. The fourth-order valence-electron chi connectivity index (χ4n) is 4.28. The molecule has 0 aromatic heterocycles. The van der Waals surface area contributed by atoms with E-state index in [2.05, 4.69) is 37.4 Å². The zero-order valence-corrected chi connectivity index (χ0v) is 22.9. The summed E-state index contributed by atoms with van der Waals surface area (Å²) in [5.41, 5.74) is 5.30. The van der Waals surface area contributed by atoms with Gasteiger partial charge in [0.2, 0.25) is 11.8 Å². The van der Waals surface area contributed by atoms with Crippen molar-refractivity contribution in [1.82, 2.24) is 10.2 Å². The molecule has 1 atom stereocenters. The molecule has 2 amide bonds. The maximum Gasteiger partial charge on any atom is 0.243 e. The van der Waals surface area contributed by atoms with Crippen LogP contribution in [0.2, 0.25) is 0 Å². The maximum absolute atomic E-state index is 13.7. The van der Waals surface area contributed by atoms with Gasteiger partial charge < -0.3 is 10.2 Å². The summed E-state index contributed by atoms with van der Waals surface area (Å²) in [6.07, 6.45) is 0.461. The molecule has 1 N–H and O–H groups in total. The summed E-state index contributed by atoms with van der Waals surface area (Å²) in [4.78, 5) is 29.0. The number of nitrogens with zero attached hydrogens (tertiary/aromatic N) is 1. The molecule has 0 aliphatic rings. The van der Waals surface area contributed by atoms with E-state index in [9.17, 15) is 9.59 Å². The Hall–Kier alpha value is -3.05. The normalized spacial score (nSPS) is 12.1. The fraction of sp³-hybridized carbons (Fsp3) is 0.355. The number of benzene rings is 3. The standard InChI is InChI=1S/C31H38N2O2S/c1-23-16-24(2)18-27(17-23)21-36-22-29(34)33(20-26-14-10-7-11-15-26)28(30(35)32-31(3,4)5)19-25-12-8-6-9-13-25/h6-18,28H,19-22H2,1-5H3,(H,32,35). The number of thioether (sulfide) groups is 1. The summed E-state index contributed by atoms with van der Waals surface area (Å²) in [5.74, 6) is 0.909. The summed E-state index contributed by atoms with van der Waals surface area (Å²) in [6, 6.07) is 25.7. The van der Waals surface area contributed by atoms with Crippen LogP contribution in [0, 0.1) is 13.8 Å². The third-order valence-electron chi connectivity index (χ3n) is 5.74. The number of aryl methyl sites for hydroxylation is 2. The Morgan fingerprint density at radius 3 is 1.94 bits per heavy atom. The van der Waals surface area contributed by atoms with Crippen molar-refractivity contribution in [2.24, 2.45) is 0 Å². The number of amides is 2. The molecular formula is C31H38N2O2S. The average Bonchev–Trinajstić information content (AvgIpc) is 2.81. The molecule has 0 aliphatic heterocycles. The van der Waals surface area contributed by atoms with Gasteiger partial charge in [0.1, 0.15) is 6.04 Å². The van der Waals surface area contributed by atoms with Gasteiger partial charge in [-0.25, -0.2) is 0 Å². The number of hydrogen-bond acceptors (Lipinski definition) is 3. The van der Waals surface area contributed by atoms with E-state index in [1.807, 2.05) is 81.4 Å². The number of nitrogens with one attached hydrogen (secondary N) is 1. The average molecular weight is 503 g/mol. The van der Waals surface area contributed by atoms with Crippen LogP contribution >= 0.6 is 11.8 Å². The first kappa shape index (κ1) is 27.5. The number of hydrogen-bond donors (Lipinski definition) is 1. The van der Waals surface area contributed by atoms with Crippen molar-refractivity contribution in [3.05, 3.63) is 107 Å². The summed E-state index contributed by atoms with van der Waals surface area (Å²) in [5, 5.41) is 3.12. The third kappa shape index (κ3) is 8.87. The molecule has 0 radical (unpaired) electrons. The van der Waals surface area contributed by atoms with Gasteiger partial charge in [-0.05, 0) is 51.3 Å². The van der Waals surface area contributed by atoms with E-state index in [4.69, 9.17) is 0 Å². The number of carbonyl (C=O) groups excluding carboxylic acids is 2. The molecule has 3 aromatic carbocycles. The minimum absolute atomic E-state index is 0.0294. The zero-order chi connectivity index (χ0) is 26.1. The highest BCUT2D eigenvalue weighted by Crippen LogP contribution is 2.20. The topological polar surface area (TPSA) is 49.4 Å². The Morgan fingerprint density at radius 2 is 1.39 bits per heavy atom. The van der Waals surface area contributed by atoms with Gasteiger partial charge in [0, 0.05) is 24.3 Å². The summed E-state index contributed by atoms with van der Waals surface area (Å²) >= 11 is 1.60. The van der Waals surface area contributed by atoms with Crippen molar-refractivity contribution < 1.29 is 9.59 Å². The lowest BCUT2D eigenvalue weighted by Crippen LogP contribution is -2.54. The van der Waals surface area contributed by atoms with E-state index < -0.39 is 11.6 Å². The Morgan fingerprint density at radius 1 is 0.833 bits per heavy atom. The second kappa shape index (κ2) is 12.8. The van der Waals surface area contributed by atoms with Gasteiger partial charge in [-0.3, -0.25) is 9.59 Å². The molecule has 0 spiro atoms. The second-order valence-electron chi connectivity index (χ2n) is 10.4. The van der Waals surface area contributed by atoms with Gasteiger partial charge in [-0.1, -0.05) is 90.0 Å². The second-order valence-corrected chi connectivity index (χ2v) is 11.4. The van der Waals surface area contributed by atoms with Crippen molar-refractivity contribution in [2.45, 2.75) is 64.9 Å². The van der Waals surface area contributed by atoms with Gasteiger partial charge in [-0.15, -0.1) is 11.8 Å². The van der Waals surface area contributed by atoms with E-state index in [0.29, 0.717) is 18.7 Å². The Balaban J connectivity index is 1.85. The van der Waals surface area contributed by atoms with Crippen LogP contribution in [-0.4, -0.2) is 34.0 Å². The predicted octanol–water partition coefficient (Wildman–Crippen LogP) is 6.09. The molecule has 0 aliphatic carbocycles. The molecule has 0 saturated carbocycles. The van der Waals surface area contributed by atoms with Crippen LogP contribution in [0.4, 0.5) is 0 Å². The minimum atomic E-state index is -0.610. The van der Waals surface area contributed by atoms with Gasteiger partial charge in [0.15, 0.2) is 0 Å². The predicted molar refractivity (Wildman–Crippen MR) is 151 cm³/mol. The van der Waals surface area contributed by atoms with E-state index in [-0.39, 0.29) is 11.8 Å². The van der Waals surface area contributed by atoms with Crippen LogP contribution in [0.3, 0.4) is 0 Å². The van der Waals surface area contributed by atoms with Crippen molar-refractivity contribution in [1.29, 1.82) is 0 Å². The van der Waals surface area contributed by atoms with Crippen molar-refractivity contribution in [3.8, 4) is 0 Å². The van der Waals surface area contributed by atoms with Crippen LogP contribution in [0.5, 0.6) is 0 Å². The minimum Gasteiger partial charge on any atom is -0.350 e. The van der Waals surface area contributed by atoms with E-state index in [1.54, 1.807) is 16.7 Å². The summed E-state index contributed by atoms with van der Waals surface area (Å²) < 4.78 is 0. The highest BCUT2D eigenvalue weighted by molar-refractivity contribution is 7.99. The lowest BCUT2D eigenvalue weighted by Gasteiger charge is -2.34. The molecule has 0 saturated heterocycles. The van der Waals surface area contributed by atoms with Crippen LogP contribution < -0.4 is 5.32 Å². The zero-order valence-electron chi connectivity index (χ0n) is 22.1. The smallest absolute Gasteiger partial charge is 0.243 e. The van der Waals surface area contributed by atoms with E-state index >= 15 is 0 Å². The van der Waals surface area contributed by atoms with E-state index in [0.717, 1.165) is 16.9 Å². The van der Waals surface area contributed by atoms with Crippen molar-refractivity contribution >= 4 is 23.6 Å². The molecule has 190 valence electrons. The van der Waals surface area contributed by atoms with Crippen molar-refractivity contribution in [2.75, 3.05) is 5.75 Å². The van der Waals surface area contributed by atoms with Gasteiger partial charge in [-0.2, -0.15) is 0 Å². The summed E-state index contributed by atoms with van der Waals surface area (Å²) in [6.45, 7) is 10.5.